The second kappa shape index (κ2) is 10.0. The number of hydrogen-bond donors (Lipinski definition) is 2. The fourth-order valence-electron chi connectivity index (χ4n) is 4.54. The normalized spacial score (nSPS) is 13.5. The molecule has 1 aliphatic rings. The fourth-order valence-corrected chi connectivity index (χ4v) is 4.54. The summed E-state index contributed by atoms with van der Waals surface area (Å²) in [6, 6.07) is 19.7. The quantitative estimate of drug-likeness (QED) is 0.420. The van der Waals surface area contributed by atoms with Crippen molar-refractivity contribution in [1.82, 2.24) is 19.7 Å². The third kappa shape index (κ3) is 4.91. The number of rotatable bonds is 5. The highest BCUT2D eigenvalue weighted by Crippen LogP contribution is 2.25. The van der Waals surface area contributed by atoms with Crippen molar-refractivity contribution in [3.8, 4) is 22.8 Å². The summed E-state index contributed by atoms with van der Waals surface area (Å²) in [6.07, 6.45) is -0.199. The number of fused-ring (bicyclic) bond motifs is 1. The van der Waals surface area contributed by atoms with Gasteiger partial charge in [-0.2, -0.15) is 0 Å². The molecule has 0 spiro atoms. The van der Waals surface area contributed by atoms with E-state index >= 15 is 0 Å². The Morgan fingerprint density at radius 2 is 1.72 bits per heavy atom. The van der Waals surface area contributed by atoms with Crippen molar-refractivity contribution in [1.29, 1.82) is 0 Å². The van der Waals surface area contributed by atoms with E-state index in [0.29, 0.717) is 54.3 Å². The van der Waals surface area contributed by atoms with E-state index in [4.69, 9.17) is 4.98 Å². The molecule has 2 heterocycles. The van der Waals surface area contributed by atoms with Gasteiger partial charge in [-0.05, 0) is 54.7 Å². The molecule has 5 rings (SSSR count). The van der Waals surface area contributed by atoms with Crippen molar-refractivity contribution < 1.29 is 19.4 Å². The molecule has 1 aliphatic heterocycles. The van der Waals surface area contributed by atoms with Gasteiger partial charge >= 0.3 is 0 Å². The average Bonchev–Trinajstić information content (AvgIpc) is 3.17. The van der Waals surface area contributed by atoms with Crippen LogP contribution in [-0.4, -0.2) is 48.9 Å². The first kappa shape index (κ1) is 23.8. The summed E-state index contributed by atoms with van der Waals surface area (Å²) >= 11 is 0. The zero-order valence-electron chi connectivity index (χ0n) is 19.9. The Kier molecular flexibility index (Phi) is 6.63. The summed E-state index contributed by atoms with van der Waals surface area (Å²) in [4.78, 5) is 19.9. The van der Waals surface area contributed by atoms with Gasteiger partial charge in [0.25, 0.3) is 0 Å². The van der Waals surface area contributed by atoms with Crippen LogP contribution in [0.2, 0.25) is 0 Å². The summed E-state index contributed by atoms with van der Waals surface area (Å²) in [7, 11) is 0. The molecule has 2 N–H and O–H groups in total. The van der Waals surface area contributed by atoms with E-state index in [1.807, 2.05) is 41.3 Å². The zero-order chi connectivity index (χ0) is 25.2. The number of aromatic nitrogens is 3. The second-order valence-corrected chi connectivity index (χ2v) is 9.03. The first-order valence-corrected chi connectivity index (χ1v) is 11.9. The number of aliphatic hydroxyl groups excluding tert-OH is 1. The molecule has 0 saturated heterocycles. The van der Waals surface area contributed by atoms with E-state index in [2.05, 4.69) is 5.10 Å². The lowest BCUT2D eigenvalue weighted by atomic mass is 10.00. The first-order chi connectivity index (χ1) is 17.4. The molecule has 1 amide bonds. The number of aryl methyl sites for hydroxylation is 1. The van der Waals surface area contributed by atoms with Crippen molar-refractivity contribution in [2.75, 3.05) is 13.1 Å². The van der Waals surface area contributed by atoms with E-state index in [1.54, 1.807) is 35.9 Å². The highest BCUT2D eigenvalue weighted by atomic mass is 19.1. The van der Waals surface area contributed by atoms with E-state index in [-0.39, 0.29) is 18.3 Å². The largest absolute Gasteiger partial charge is 0.364 e. The molecule has 0 unspecified atom stereocenters. The highest BCUT2D eigenvalue weighted by molar-refractivity contribution is 5.77. The van der Waals surface area contributed by atoms with Crippen molar-refractivity contribution in [2.24, 2.45) is 0 Å². The van der Waals surface area contributed by atoms with Gasteiger partial charge in [0.1, 0.15) is 12.4 Å². The Morgan fingerprint density at radius 1 is 0.972 bits per heavy atom. The van der Waals surface area contributed by atoms with E-state index in [9.17, 15) is 19.4 Å². The summed E-state index contributed by atoms with van der Waals surface area (Å²) in [5.41, 5.74) is 4.60. The third-order valence-electron chi connectivity index (χ3n) is 6.59. The molecule has 8 heteroatoms. The minimum absolute atomic E-state index is 0.0222. The number of benzene rings is 3. The number of carbonyl (C=O) groups is 1. The van der Waals surface area contributed by atoms with Crippen LogP contribution >= 0.6 is 0 Å². The van der Waals surface area contributed by atoms with Gasteiger partial charge in [-0.1, -0.05) is 48.5 Å². The van der Waals surface area contributed by atoms with Gasteiger partial charge in [-0.25, -0.2) is 14.1 Å². The van der Waals surface area contributed by atoms with Crippen LogP contribution in [-0.2, 0) is 24.2 Å². The topological polar surface area (TPSA) is 91.5 Å². The minimum Gasteiger partial charge on any atom is -0.364 e. The van der Waals surface area contributed by atoms with E-state index in [0.717, 1.165) is 16.7 Å². The van der Waals surface area contributed by atoms with Crippen molar-refractivity contribution >= 4 is 5.91 Å². The lowest BCUT2D eigenvalue weighted by molar-refractivity contribution is -0.131. The lowest BCUT2D eigenvalue weighted by Gasteiger charge is -2.20. The number of hydrogen-bond acceptors (Lipinski definition) is 5. The van der Waals surface area contributed by atoms with Crippen LogP contribution in [0.5, 0.6) is 0 Å². The van der Waals surface area contributed by atoms with Crippen LogP contribution in [0.1, 0.15) is 28.5 Å². The molecular formula is C28H27FN4O3. The number of aliphatic hydroxyl groups is 2. The Balaban J connectivity index is 1.40. The van der Waals surface area contributed by atoms with E-state index in [1.165, 1.54) is 6.07 Å². The standard InChI is InChI=1S/C28H27FN4O3/c1-18-15-22(9-10-24(18)29)26-30-27(20-5-3-2-4-6-20)33(31-26)17-25(34)32-13-11-19-7-8-23(28(35)36)16-21(19)12-14-32/h2-10,15-16,28,35-36H,11-14,17H2,1H3. The summed E-state index contributed by atoms with van der Waals surface area (Å²) < 4.78 is 15.4. The van der Waals surface area contributed by atoms with Crippen molar-refractivity contribution in [3.63, 3.8) is 0 Å². The van der Waals surface area contributed by atoms with Crippen LogP contribution < -0.4 is 0 Å². The number of amides is 1. The van der Waals surface area contributed by atoms with E-state index < -0.39 is 6.29 Å². The summed E-state index contributed by atoms with van der Waals surface area (Å²) in [5, 5.41) is 23.6. The fraction of sp³-hybridized carbons (Fsp3) is 0.250. The Morgan fingerprint density at radius 3 is 2.44 bits per heavy atom. The number of halogens is 1. The molecule has 3 aromatic carbocycles. The Hall–Kier alpha value is -3.88. The van der Waals surface area contributed by atoms with Gasteiger partial charge in [0, 0.05) is 29.8 Å². The maximum absolute atomic E-state index is 13.8. The van der Waals surface area contributed by atoms with Gasteiger partial charge in [-0.15, -0.1) is 5.10 Å². The van der Waals surface area contributed by atoms with Crippen LogP contribution in [0.4, 0.5) is 4.39 Å². The van der Waals surface area contributed by atoms with Crippen LogP contribution in [0.15, 0.2) is 66.7 Å². The molecule has 4 aromatic rings. The molecule has 1 aromatic heterocycles. The predicted octanol–water partition coefficient (Wildman–Crippen LogP) is 3.67. The van der Waals surface area contributed by atoms with Gasteiger partial charge in [-0.3, -0.25) is 4.79 Å². The molecule has 0 saturated carbocycles. The molecule has 0 aliphatic carbocycles. The van der Waals surface area contributed by atoms with Gasteiger partial charge in [0.05, 0.1) is 0 Å². The zero-order valence-corrected chi connectivity index (χ0v) is 19.9. The monoisotopic (exact) mass is 486 g/mol. The Bertz CT molecular complexity index is 1400. The molecule has 0 fully saturated rings. The van der Waals surface area contributed by atoms with Crippen molar-refractivity contribution in [3.05, 3.63) is 94.8 Å². The molecule has 7 nitrogen and oxygen atoms in total. The van der Waals surface area contributed by atoms with Crippen molar-refractivity contribution in [2.45, 2.75) is 32.6 Å². The lowest BCUT2D eigenvalue weighted by Crippen LogP contribution is -2.36. The summed E-state index contributed by atoms with van der Waals surface area (Å²) in [5.74, 6) is 0.636. The first-order valence-electron chi connectivity index (χ1n) is 11.9. The molecule has 0 radical (unpaired) electrons. The molecule has 36 heavy (non-hydrogen) atoms. The SMILES string of the molecule is Cc1cc(-c2nc(-c3ccccc3)n(CC(=O)N3CCc4ccc(C(O)O)cc4CC3)n2)ccc1F. The predicted molar refractivity (Wildman–Crippen MR) is 133 cm³/mol. The van der Waals surface area contributed by atoms with Crippen LogP contribution in [0, 0.1) is 12.7 Å². The molecule has 184 valence electrons. The average molecular weight is 487 g/mol. The second-order valence-electron chi connectivity index (χ2n) is 9.03. The minimum atomic E-state index is -1.51. The van der Waals surface area contributed by atoms with Gasteiger partial charge in [0.2, 0.25) is 5.91 Å². The maximum atomic E-state index is 13.8. The molecule has 0 atom stereocenters. The smallest absolute Gasteiger partial charge is 0.244 e. The van der Waals surface area contributed by atoms with Crippen LogP contribution in [0.25, 0.3) is 22.8 Å². The van der Waals surface area contributed by atoms with Gasteiger partial charge < -0.3 is 15.1 Å². The Labute approximate surface area is 208 Å². The number of nitrogens with zero attached hydrogens (tertiary/aromatic N) is 4. The number of carbonyl (C=O) groups excluding carboxylic acids is 1. The highest BCUT2D eigenvalue weighted by Gasteiger charge is 2.22. The third-order valence-corrected chi connectivity index (χ3v) is 6.59. The molecule has 0 bridgehead atoms. The van der Waals surface area contributed by atoms with Crippen LogP contribution in [0.3, 0.4) is 0 Å². The summed E-state index contributed by atoms with van der Waals surface area (Å²) in [6.45, 7) is 2.80. The maximum Gasteiger partial charge on any atom is 0.244 e. The molecular weight excluding hydrogens is 459 g/mol. The van der Waals surface area contributed by atoms with Gasteiger partial charge in [0.15, 0.2) is 17.9 Å².